The van der Waals surface area contributed by atoms with Gasteiger partial charge < -0.3 is 0 Å². The van der Waals surface area contributed by atoms with Crippen molar-refractivity contribution in [2.24, 2.45) is 0 Å². The Balaban J connectivity index is 0.000000980. The Morgan fingerprint density at radius 2 is 0.867 bits per heavy atom. The van der Waals surface area contributed by atoms with Crippen molar-refractivity contribution in [3.05, 3.63) is 60.7 Å². The molecule has 64 valence electrons. The summed E-state index contributed by atoms with van der Waals surface area (Å²) in [5.41, 5.74) is 0. The Morgan fingerprint density at radius 3 is 1.20 bits per heavy atom. The second-order valence-electron chi connectivity index (χ2n) is 2.86. The molecular formula is C12H10GeK2. The van der Waals surface area contributed by atoms with Crippen LogP contribution in [0.15, 0.2) is 60.7 Å². The molecule has 2 aromatic carbocycles. The molecule has 0 amide bonds. The predicted octanol–water partition coefficient (Wildman–Crippen LogP) is 0.580. The van der Waals surface area contributed by atoms with Gasteiger partial charge in [-0.05, 0) is 0 Å². The Labute approximate surface area is 183 Å². The molecule has 0 aliphatic heterocycles. The number of rotatable bonds is 2. The molecule has 0 spiro atoms. The molecule has 15 heavy (non-hydrogen) atoms. The summed E-state index contributed by atoms with van der Waals surface area (Å²) in [7, 11) is 0. The van der Waals surface area contributed by atoms with Gasteiger partial charge in [-0.2, -0.15) is 0 Å². The zero-order valence-electron chi connectivity index (χ0n) is 9.27. The molecule has 0 saturated heterocycles. The molecule has 0 fully saturated rings. The van der Waals surface area contributed by atoms with Crippen molar-refractivity contribution in [3.8, 4) is 0 Å². The molecule has 4 radical (unpaired) electrons. The van der Waals surface area contributed by atoms with Gasteiger partial charge in [0.2, 0.25) is 0 Å². The minimum atomic E-state index is -0.108. The predicted molar refractivity (Wildman–Crippen MR) is 69.4 cm³/mol. The van der Waals surface area contributed by atoms with E-state index in [1.165, 1.54) is 8.79 Å². The number of benzene rings is 2. The van der Waals surface area contributed by atoms with E-state index in [1.54, 1.807) is 0 Å². The van der Waals surface area contributed by atoms with Crippen molar-refractivity contribution < 1.29 is 0 Å². The molecule has 2 rings (SSSR count). The zero-order chi connectivity index (χ0) is 8.93. The molecule has 0 nitrogen and oxygen atoms in total. The Morgan fingerprint density at radius 1 is 0.533 bits per heavy atom. The first-order valence-corrected chi connectivity index (χ1v) is 6.42. The quantitative estimate of drug-likeness (QED) is 0.712. The molecule has 0 unspecified atom stereocenters. The van der Waals surface area contributed by atoms with Crippen molar-refractivity contribution >= 4 is 127 Å². The maximum absolute atomic E-state index is 2.22. The fourth-order valence-corrected chi connectivity index (χ4v) is 3.42. The average Bonchev–Trinajstić information content (AvgIpc) is 2.21. The SMILES string of the molecule is [K].[K].c1cc[c]([Ge][c]2ccccc2)cc1. The first-order chi connectivity index (χ1) is 6.45. The van der Waals surface area contributed by atoms with E-state index < -0.39 is 0 Å². The van der Waals surface area contributed by atoms with Crippen LogP contribution in [0.1, 0.15) is 0 Å². The van der Waals surface area contributed by atoms with Gasteiger partial charge in [-0.1, -0.05) is 0 Å². The monoisotopic (exact) mass is 306 g/mol. The Bertz CT molecular complexity index is 324. The molecular weight excluding hydrogens is 295 g/mol. The van der Waals surface area contributed by atoms with E-state index in [4.69, 9.17) is 0 Å². The van der Waals surface area contributed by atoms with E-state index in [0.717, 1.165) is 0 Å². The first kappa shape index (κ1) is 17.3. The summed E-state index contributed by atoms with van der Waals surface area (Å²) < 4.78 is 2.99. The summed E-state index contributed by atoms with van der Waals surface area (Å²) in [5, 5.41) is 0. The fraction of sp³-hybridized carbons (Fsp3) is 0. The topological polar surface area (TPSA) is 0 Å². The van der Waals surface area contributed by atoms with Crippen LogP contribution in [-0.4, -0.2) is 118 Å². The second kappa shape index (κ2) is 10.2. The van der Waals surface area contributed by atoms with Crippen LogP contribution in [0.5, 0.6) is 0 Å². The van der Waals surface area contributed by atoms with Gasteiger partial charge in [0.25, 0.3) is 0 Å². The van der Waals surface area contributed by atoms with Gasteiger partial charge in [-0.25, -0.2) is 0 Å². The summed E-state index contributed by atoms with van der Waals surface area (Å²) in [4.78, 5) is 0. The van der Waals surface area contributed by atoms with Gasteiger partial charge in [-0.3, -0.25) is 0 Å². The molecule has 0 aliphatic carbocycles. The Kier molecular flexibility index (Phi) is 11.7. The second-order valence-corrected chi connectivity index (χ2v) is 5.80. The molecule has 3 heteroatoms. The molecule has 0 aliphatic rings. The molecule has 2 aromatic rings. The molecule has 0 aromatic heterocycles. The van der Waals surface area contributed by atoms with Crippen LogP contribution in [0.2, 0.25) is 0 Å². The molecule has 0 saturated carbocycles. The van der Waals surface area contributed by atoms with E-state index in [0.29, 0.717) is 0 Å². The van der Waals surface area contributed by atoms with Crippen molar-refractivity contribution in [2.45, 2.75) is 0 Å². The van der Waals surface area contributed by atoms with Crippen LogP contribution in [0.25, 0.3) is 0 Å². The number of hydrogen-bond acceptors (Lipinski definition) is 0. The van der Waals surface area contributed by atoms with E-state index in [9.17, 15) is 0 Å². The summed E-state index contributed by atoms with van der Waals surface area (Å²) >= 11 is -0.108. The minimum absolute atomic E-state index is 0. The summed E-state index contributed by atoms with van der Waals surface area (Å²) in [5.74, 6) is 0. The maximum atomic E-state index is 2.22. The van der Waals surface area contributed by atoms with Gasteiger partial charge in [0, 0.05) is 103 Å². The van der Waals surface area contributed by atoms with Crippen molar-refractivity contribution in [1.29, 1.82) is 0 Å². The van der Waals surface area contributed by atoms with Gasteiger partial charge in [0.05, 0.1) is 0 Å². The normalized spacial score (nSPS) is 8.53. The Hall–Kier alpha value is 2.26. The van der Waals surface area contributed by atoms with Crippen molar-refractivity contribution in [3.63, 3.8) is 0 Å². The van der Waals surface area contributed by atoms with Gasteiger partial charge in [-0.15, -0.1) is 0 Å². The third-order valence-electron chi connectivity index (χ3n) is 1.84. The summed E-state index contributed by atoms with van der Waals surface area (Å²) in [6.07, 6.45) is 0. The third kappa shape index (κ3) is 6.67. The van der Waals surface area contributed by atoms with Crippen LogP contribution in [0.3, 0.4) is 0 Å². The standard InChI is InChI=1S/C12H10Ge.2K/c1-3-7-11(8-4-1)13-12-9-5-2-6-10-12;;/h1-10H;;. The fourth-order valence-electron chi connectivity index (χ4n) is 1.21. The third-order valence-corrected chi connectivity index (χ3v) is 4.45. The average molecular weight is 305 g/mol. The molecule has 0 atom stereocenters. The van der Waals surface area contributed by atoms with E-state index in [2.05, 4.69) is 60.7 Å². The number of hydrogen-bond donors (Lipinski definition) is 0. The molecule has 0 heterocycles. The van der Waals surface area contributed by atoms with E-state index in [-0.39, 0.29) is 118 Å². The van der Waals surface area contributed by atoms with Crippen LogP contribution >= 0.6 is 0 Å². The summed E-state index contributed by atoms with van der Waals surface area (Å²) in [6, 6.07) is 21.5. The van der Waals surface area contributed by atoms with Crippen LogP contribution in [0, 0.1) is 0 Å². The van der Waals surface area contributed by atoms with E-state index in [1.807, 2.05) is 0 Å². The van der Waals surface area contributed by atoms with E-state index >= 15 is 0 Å². The van der Waals surface area contributed by atoms with Crippen LogP contribution < -0.4 is 8.79 Å². The van der Waals surface area contributed by atoms with Crippen molar-refractivity contribution in [2.75, 3.05) is 0 Å². The van der Waals surface area contributed by atoms with Gasteiger partial charge in [0.1, 0.15) is 0 Å². The molecule has 0 N–H and O–H groups in total. The molecule has 0 bridgehead atoms. The summed E-state index contributed by atoms with van der Waals surface area (Å²) in [6.45, 7) is 0. The first-order valence-electron chi connectivity index (χ1n) is 4.32. The van der Waals surface area contributed by atoms with Gasteiger partial charge >= 0.3 is 84.9 Å². The zero-order valence-corrected chi connectivity index (χ0v) is 17.6. The van der Waals surface area contributed by atoms with Crippen LogP contribution in [-0.2, 0) is 0 Å². The van der Waals surface area contributed by atoms with Crippen molar-refractivity contribution in [1.82, 2.24) is 0 Å². The van der Waals surface area contributed by atoms with Gasteiger partial charge in [0.15, 0.2) is 0 Å². The van der Waals surface area contributed by atoms with Crippen LogP contribution in [0.4, 0.5) is 0 Å².